The van der Waals surface area contributed by atoms with Crippen LogP contribution < -0.4 is 4.74 Å². The Morgan fingerprint density at radius 1 is 0.613 bits per heavy atom. The van der Waals surface area contributed by atoms with Gasteiger partial charge in [0.15, 0.2) is 0 Å². The van der Waals surface area contributed by atoms with E-state index < -0.39 is 8.07 Å². The summed E-state index contributed by atoms with van der Waals surface area (Å²) in [6.07, 6.45) is 0. The molecule has 0 aliphatic carbocycles. The highest BCUT2D eigenvalue weighted by Gasteiger charge is 2.42. The molecule has 0 amide bonds. The standard InChI is InChI=1S/C29H34OSi/c1-20(2)31(21(3)4,22(5)6)19-29-26-15-11-10-14-25(26)27-17-16-24(18-28(27)30-29)23-12-8-7-9-13-23/h7-22H,1-6H3/b29-19-. The zero-order chi connectivity index (χ0) is 22.2. The molecule has 31 heavy (non-hydrogen) atoms. The van der Waals surface area contributed by atoms with Crippen LogP contribution in [0.4, 0.5) is 0 Å². The number of fused-ring (bicyclic) bond motifs is 3. The van der Waals surface area contributed by atoms with Crippen LogP contribution in [0.3, 0.4) is 0 Å². The first kappa shape index (κ1) is 21.6. The summed E-state index contributed by atoms with van der Waals surface area (Å²) in [6.45, 7) is 14.4. The van der Waals surface area contributed by atoms with Crippen molar-refractivity contribution in [2.24, 2.45) is 0 Å². The maximum atomic E-state index is 6.72. The summed E-state index contributed by atoms with van der Waals surface area (Å²) >= 11 is 0. The molecule has 0 fully saturated rings. The molecule has 1 heterocycles. The van der Waals surface area contributed by atoms with E-state index in [2.05, 4.69) is 120 Å². The fourth-order valence-corrected chi connectivity index (χ4v) is 11.2. The Morgan fingerprint density at radius 2 is 1.19 bits per heavy atom. The smallest absolute Gasteiger partial charge is 0.135 e. The molecule has 160 valence electrons. The molecule has 1 aliphatic heterocycles. The number of hydrogen-bond acceptors (Lipinski definition) is 1. The van der Waals surface area contributed by atoms with Gasteiger partial charge < -0.3 is 4.74 Å². The SMILES string of the molecule is CC(C)[Si](/C=C1\Oc2cc(-c3ccccc3)ccc2-c2ccccc21)(C(C)C)C(C)C. The summed E-state index contributed by atoms with van der Waals surface area (Å²) in [7, 11) is -1.77. The van der Waals surface area contributed by atoms with E-state index in [0.29, 0.717) is 16.6 Å². The third kappa shape index (κ3) is 3.78. The molecule has 0 saturated heterocycles. The summed E-state index contributed by atoms with van der Waals surface area (Å²) in [5, 5.41) is 0. The largest absolute Gasteiger partial charge is 0.457 e. The fraction of sp³-hybridized carbons (Fsp3) is 0.310. The molecule has 0 N–H and O–H groups in total. The Balaban J connectivity index is 1.89. The van der Waals surface area contributed by atoms with Crippen molar-refractivity contribution in [1.29, 1.82) is 0 Å². The molecule has 0 aromatic heterocycles. The average molecular weight is 427 g/mol. The zero-order valence-electron chi connectivity index (χ0n) is 19.6. The summed E-state index contributed by atoms with van der Waals surface area (Å²) in [6, 6.07) is 25.9. The normalized spacial score (nSPS) is 14.7. The van der Waals surface area contributed by atoms with Crippen molar-refractivity contribution >= 4 is 13.8 Å². The van der Waals surface area contributed by atoms with E-state index >= 15 is 0 Å². The minimum absolute atomic E-state index is 0.646. The number of benzene rings is 3. The zero-order valence-corrected chi connectivity index (χ0v) is 20.6. The molecule has 0 unspecified atom stereocenters. The molecular formula is C29H34OSi. The Morgan fingerprint density at radius 3 is 1.81 bits per heavy atom. The fourth-order valence-electron chi connectivity index (χ4n) is 5.58. The summed E-state index contributed by atoms with van der Waals surface area (Å²) in [5.74, 6) is 2.02. The van der Waals surface area contributed by atoms with Crippen molar-refractivity contribution in [2.45, 2.75) is 58.2 Å². The second kappa shape index (κ2) is 8.51. The van der Waals surface area contributed by atoms with E-state index in [0.717, 1.165) is 11.5 Å². The van der Waals surface area contributed by atoms with Crippen molar-refractivity contribution in [3.05, 3.63) is 84.1 Å². The quantitative estimate of drug-likeness (QED) is 0.370. The molecule has 0 atom stereocenters. The van der Waals surface area contributed by atoms with Gasteiger partial charge in [0.2, 0.25) is 0 Å². The van der Waals surface area contributed by atoms with E-state index in [1.54, 1.807) is 0 Å². The first-order valence-electron chi connectivity index (χ1n) is 11.5. The third-order valence-electron chi connectivity index (χ3n) is 7.17. The van der Waals surface area contributed by atoms with Gasteiger partial charge in [-0.05, 0) is 45.4 Å². The van der Waals surface area contributed by atoms with Crippen LogP contribution in [0.25, 0.3) is 28.0 Å². The second-order valence-electron chi connectivity index (χ2n) is 9.70. The van der Waals surface area contributed by atoms with Crippen LogP contribution in [-0.2, 0) is 0 Å². The van der Waals surface area contributed by atoms with Crippen molar-refractivity contribution in [2.75, 3.05) is 0 Å². The number of ether oxygens (including phenoxy) is 1. The van der Waals surface area contributed by atoms with E-state index in [4.69, 9.17) is 4.74 Å². The van der Waals surface area contributed by atoms with Gasteiger partial charge in [-0.3, -0.25) is 0 Å². The van der Waals surface area contributed by atoms with Crippen LogP contribution in [0.2, 0.25) is 16.6 Å². The van der Waals surface area contributed by atoms with Gasteiger partial charge >= 0.3 is 0 Å². The second-order valence-corrected chi connectivity index (χ2v) is 15.5. The van der Waals surface area contributed by atoms with Gasteiger partial charge in [0.25, 0.3) is 0 Å². The van der Waals surface area contributed by atoms with Gasteiger partial charge in [0.1, 0.15) is 11.5 Å². The minimum atomic E-state index is -1.77. The topological polar surface area (TPSA) is 9.23 Å². The average Bonchev–Trinajstić information content (AvgIpc) is 2.76. The lowest BCUT2D eigenvalue weighted by Crippen LogP contribution is -2.43. The summed E-state index contributed by atoms with van der Waals surface area (Å²) in [4.78, 5) is 0. The summed E-state index contributed by atoms with van der Waals surface area (Å²) < 4.78 is 6.72. The Hall–Kier alpha value is -2.58. The lowest BCUT2D eigenvalue weighted by molar-refractivity contribution is 0.512. The first-order chi connectivity index (χ1) is 14.8. The molecule has 0 radical (unpaired) electrons. The van der Waals surface area contributed by atoms with Gasteiger partial charge in [-0.15, -0.1) is 0 Å². The van der Waals surface area contributed by atoms with E-state index in [9.17, 15) is 0 Å². The Labute approximate surface area is 188 Å². The third-order valence-corrected chi connectivity index (χ3v) is 13.9. The molecular weight excluding hydrogens is 392 g/mol. The van der Waals surface area contributed by atoms with Crippen LogP contribution in [0, 0.1) is 0 Å². The molecule has 0 bridgehead atoms. The molecule has 2 heteroatoms. The predicted molar refractivity (Wildman–Crippen MR) is 137 cm³/mol. The highest BCUT2D eigenvalue weighted by Crippen LogP contribution is 2.48. The molecule has 1 aliphatic rings. The lowest BCUT2D eigenvalue weighted by Gasteiger charge is -2.41. The van der Waals surface area contributed by atoms with Crippen LogP contribution in [-0.4, -0.2) is 8.07 Å². The van der Waals surface area contributed by atoms with Crippen molar-refractivity contribution in [3.63, 3.8) is 0 Å². The maximum Gasteiger partial charge on any atom is 0.135 e. The molecule has 0 saturated carbocycles. The van der Waals surface area contributed by atoms with Crippen molar-refractivity contribution in [3.8, 4) is 28.0 Å². The van der Waals surface area contributed by atoms with Crippen LogP contribution >= 0.6 is 0 Å². The molecule has 1 nitrogen and oxygen atoms in total. The molecule has 3 aromatic carbocycles. The molecule has 3 aromatic rings. The molecule has 4 rings (SSSR count). The first-order valence-corrected chi connectivity index (χ1v) is 13.9. The molecule has 0 spiro atoms. The van der Waals surface area contributed by atoms with E-state index in [1.807, 2.05) is 0 Å². The van der Waals surface area contributed by atoms with Crippen LogP contribution in [0.15, 0.2) is 78.5 Å². The van der Waals surface area contributed by atoms with Gasteiger partial charge in [-0.1, -0.05) is 108 Å². The number of hydrogen-bond donors (Lipinski definition) is 0. The lowest BCUT2D eigenvalue weighted by atomic mass is 9.93. The predicted octanol–water partition coefficient (Wildman–Crippen LogP) is 8.97. The summed E-state index contributed by atoms with van der Waals surface area (Å²) in [5.41, 5.74) is 10.6. The van der Waals surface area contributed by atoms with E-state index in [-0.39, 0.29) is 0 Å². The van der Waals surface area contributed by atoms with Gasteiger partial charge in [0, 0.05) is 11.1 Å². The Bertz CT molecular complexity index is 1070. The van der Waals surface area contributed by atoms with E-state index in [1.165, 1.54) is 27.8 Å². The van der Waals surface area contributed by atoms with Crippen molar-refractivity contribution in [1.82, 2.24) is 0 Å². The van der Waals surface area contributed by atoms with Crippen molar-refractivity contribution < 1.29 is 4.74 Å². The van der Waals surface area contributed by atoms with Crippen LogP contribution in [0.5, 0.6) is 5.75 Å². The highest BCUT2D eigenvalue weighted by atomic mass is 28.3. The maximum absolute atomic E-state index is 6.72. The minimum Gasteiger partial charge on any atom is -0.457 e. The van der Waals surface area contributed by atoms with Gasteiger partial charge in [-0.2, -0.15) is 0 Å². The number of rotatable bonds is 5. The van der Waals surface area contributed by atoms with Gasteiger partial charge in [-0.25, -0.2) is 0 Å². The highest BCUT2D eigenvalue weighted by molar-refractivity contribution is 6.88. The monoisotopic (exact) mass is 426 g/mol. The van der Waals surface area contributed by atoms with Gasteiger partial charge in [0.05, 0.1) is 8.07 Å². The Kier molecular flexibility index (Phi) is 5.94. The van der Waals surface area contributed by atoms with Crippen LogP contribution in [0.1, 0.15) is 47.1 Å².